The molecule has 1 amide bonds. The Bertz CT molecular complexity index is 629. The summed E-state index contributed by atoms with van der Waals surface area (Å²) in [6.45, 7) is 5.79. The van der Waals surface area contributed by atoms with Crippen molar-refractivity contribution in [2.45, 2.75) is 32.4 Å². The van der Waals surface area contributed by atoms with E-state index in [0.29, 0.717) is 6.54 Å². The van der Waals surface area contributed by atoms with Gasteiger partial charge >= 0.3 is 6.09 Å². The van der Waals surface area contributed by atoms with E-state index in [1.54, 1.807) is 12.4 Å². The lowest BCUT2D eigenvalue weighted by atomic mass is 10.0. The highest BCUT2D eigenvalue weighted by Gasteiger charge is 2.17. The summed E-state index contributed by atoms with van der Waals surface area (Å²) in [6.07, 6.45) is 3.08. The number of hydrogen-bond donors (Lipinski definition) is 2. The molecule has 1 aromatic heterocycles. The van der Waals surface area contributed by atoms with Crippen LogP contribution < -0.4 is 11.1 Å². The molecule has 0 saturated heterocycles. The zero-order valence-electron chi connectivity index (χ0n) is 12.6. The van der Waals surface area contributed by atoms with Crippen LogP contribution >= 0.6 is 0 Å². The van der Waals surface area contributed by atoms with Gasteiger partial charge in [0.05, 0.1) is 0 Å². The Morgan fingerprint density at radius 2 is 2.14 bits per heavy atom. The normalized spacial score (nSPS) is 13.0. The van der Waals surface area contributed by atoms with Crippen LogP contribution in [0, 0.1) is 0 Å². The molecule has 21 heavy (non-hydrogen) atoms. The van der Waals surface area contributed by atoms with E-state index < -0.39 is 11.7 Å². The lowest BCUT2D eigenvalue weighted by Crippen LogP contribution is -2.36. The standard InChI is InChI=1S/C16H21N3O2/c1-16(2,3)21-15(20)19-10-14(17)13-6-4-5-11-9-18-8-7-12(11)13/h4-9,14H,10,17H2,1-3H3,(H,19,20). The monoisotopic (exact) mass is 287 g/mol. The molecule has 5 nitrogen and oxygen atoms in total. The molecule has 0 aliphatic heterocycles. The summed E-state index contributed by atoms with van der Waals surface area (Å²) in [5, 5.41) is 4.78. The number of benzene rings is 1. The Labute approximate surface area is 124 Å². The molecule has 2 aromatic rings. The fourth-order valence-electron chi connectivity index (χ4n) is 2.09. The van der Waals surface area contributed by atoms with Crippen LogP contribution in [0.15, 0.2) is 36.7 Å². The summed E-state index contributed by atoms with van der Waals surface area (Å²) in [4.78, 5) is 15.8. The van der Waals surface area contributed by atoms with Crippen LogP contribution in [0.1, 0.15) is 32.4 Å². The van der Waals surface area contributed by atoms with Gasteiger partial charge in [0.1, 0.15) is 5.60 Å². The van der Waals surface area contributed by atoms with Gasteiger partial charge in [-0.25, -0.2) is 4.79 Å². The van der Waals surface area contributed by atoms with Gasteiger partial charge in [-0.3, -0.25) is 4.98 Å². The number of pyridine rings is 1. The van der Waals surface area contributed by atoms with Crippen LogP contribution in [0.25, 0.3) is 10.8 Å². The molecule has 1 unspecified atom stereocenters. The molecule has 0 fully saturated rings. The Balaban J connectivity index is 2.06. The van der Waals surface area contributed by atoms with Gasteiger partial charge < -0.3 is 15.8 Å². The Hall–Kier alpha value is -2.14. The van der Waals surface area contributed by atoms with Crippen LogP contribution in [0.5, 0.6) is 0 Å². The molecule has 0 aliphatic carbocycles. The highest BCUT2D eigenvalue weighted by atomic mass is 16.6. The molecule has 0 aliphatic rings. The zero-order valence-corrected chi connectivity index (χ0v) is 12.6. The summed E-state index contributed by atoms with van der Waals surface area (Å²) in [5.41, 5.74) is 6.65. The third-order valence-electron chi connectivity index (χ3n) is 2.98. The van der Waals surface area contributed by atoms with Gasteiger partial charge in [-0.15, -0.1) is 0 Å². The number of nitrogens with one attached hydrogen (secondary N) is 1. The number of carbonyl (C=O) groups is 1. The topological polar surface area (TPSA) is 77.2 Å². The minimum Gasteiger partial charge on any atom is -0.444 e. The van der Waals surface area contributed by atoms with Crippen molar-refractivity contribution in [1.82, 2.24) is 10.3 Å². The summed E-state index contributed by atoms with van der Waals surface area (Å²) >= 11 is 0. The van der Waals surface area contributed by atoms with E-state index in [-0.39, 0.29) is 6.04 Å². The van der Waals surface area contributed by atoms with E-state index in [2.05, 4.69) is 10.3 Å². The largest absolute Gasteiger partial charge is 0.444 e. The van der Waals surface area contributed by atoms with Crippen molar-refractivity contribution < 1.29 is 9.53 Å². The fourth-order valence-corrected chi connectivity index (χ4v) is 2.09. The molecule has 5 heteroatoms. The fraction of sp³-hybridized carbons (Fsp3) is 0.375. The summed E-state index contributed by atoms with van der Waals surface area (Å²) in [5.74, 6) is 0. The van der Waals surface area contributed by atoms with Gasteiger partial charge in [0.15, 0.2) is 0 Å². The minimum absolute atomic E-state index is 0.302. The second-order valence-corrected chi connectivity index (χ2v) is 5.93. The van der Waals surface area contributed by atoms with Crippen molar-refractivity contribution in [2.75, 3.05) is 6.54 Å². The van der Waals surface area contributed by atoms with E-state index in [9.17, 15) is 4.79 Å². The average Bonchev–Trinajstić information content (AvgIpc) is 2.42. The predicted octanol–water partition coefficient (Wildman–Crippen LogP) is 2.76. The van der Waals surface area contributed by atoms with Crippen molar-refractivity contribution >= 4 is 16.9 Å². The number of ether oxygens (including phenoxy) is 1. The number of hydrogen-bond acceptors (Lipinski definition) is 4. The van der Waals surface area contributed by atoms with Gasteiger partial charge in [-0.05, 0) is 37.8 Å². The molecule has 1 aromatic carbocycles. The maximum absolute atomic E-state index is 11.7. The van der Waals surface area contributed by atoms with E-state index in [4.69, 9.17) is 10.5 Å². The molecule has 1 heterocycles. The lowest BCUT2D eigenvalue weighted by molar-refractivity contribution is 0.0524. The number of alkyl carbamates (subject to hydrolysis) is 1. The zero-order chi connectivity index (χ0) is 15.5. The third-order valence-corrected chi connectivity index (χ3v) is 2.98. The number of nitrogens with zero attached hydrogens (tertiary/aromatic N) is 1. The van der Waals surface area contributed by atoms with E-state index in [1.807, 2.05) is 45.0 Å². The van der Waals surface area contributed by atoms with Crippen molar-refractivity contribution in [3.8, 4) is 0 Å². The van der Waals surface area contributed by atoms with E-state index in [0.717, 1.165) is 16.3 Å². The number of aromatic nitrogens is 1. The Morgan fingerprint density at radius 1 is 1.38 bits per heavy atom. The maximum atomic E-state index is 11.7. The molecule has 112 valence electrons. The molecule has 0 saturated carbocycles. The van der Waals surface area contributed by atoms with Crippen molar-refractivity contribution in [2.24, 2.45) is 5.73 Å². The predicted molar refractivity (Wildman–Crippen MR) is 82.9 cm³/mol. The van der Waals surface area contributed by atoms with E-state index in [1.165, 1.54) is 0 Å². The highest BCUT2D eigenvalue weighted by molar-refractivity contribution is 5.85. The van der Waals surface area contributed by atoms with Crippen LogP contribution in [-0.2, 0) is 4.74 Å². The first kappa shape index (κ1) is 15.3. The molecule has 0 spiro atoms. The van der Waals surface area contributed by atoms with Crippen molar-refractivity contribution in [3.05, 3.63) is 42.2 Å². The number of fused-ring (bicyclic) bond motifs is 1. The maximum Gasteiger partial charge on any atom is 0.407 e. The lowest BCUT2D eigenvalue weighted by Gasteiger charge is -2.21. The molecular weight excluding hydrogens is 266 g/mol. The Kier molecular flexibility index (Phi) is 4.43. The minimum atomic E-state index is -0.515. The summed E-state index contributed by atoms with van der Waals surface area (Å²) in [7, 11) is 0. The number of amides is 1. The van der Waals surface area contributed by atoms with Crippen LogP contribution in [0.4, 0.5) is 4.79 Å². The Morgan fingerprint density at radius 3 is 2.86 bits per heavy atom. The number of rotatable bonds is 3. The second kappa shape index (κ2) is 6.10. The van der Waals surface area contributed by atoms with Crippen molar-refractivity contribution in [3.63, 3.8) is 0 Å². The van der Waals surface area contributed by atoms with Crippen LogP contribution in [0.2, 0.25) is 0 Å². The first-order valence-electron chi connectivity index (χ1n) is 6.92. The number of nitrogens with two attached hydrogens (primary N) is 1. The van der Waals surface area contributed by atoms with Crippen LogP contribution in [0.3, 0.4) is 0 Å². The smallest absolute Gasteiger partial charge is 0.407 e. The van der Waals surface area contributed by atoms with Gasteiger partial charge in [0, 0.05) is 30.4 Å². The van der Waals surface area contributed by atoms with Crippen molar-refractivity contribution in [1.29, 1.82) is 0 Å². The molecule has 0 radical (unpaired) electrons. The SMILES string of the molecule is CC(C)(C)OC(=O)NCC(N)c1cccc2cnccc12. The molecule has 2 rings (SSSR count). The van der Waals surface area contributed by atoms with Crippen LogP contribution in [-0.4, -0.2) is 23.2 Å². The highest BCUT2D eigenvalue weighted by Crippen LogP contribution is 2.22. The van der Waals surface area contributed by atoms with Gasteiger partial charge in [-0.1, -0.05) is 18.2 Å². The number of carbonyl (C=O) groups excluding carboxylic acids is 1. The molecule has 0 bridgehead atoms. The van der Waals surface area contributed by atoms with Gasteiger partial charge in [-0.2, -0.15) is 0 Å². The first-order chi connectivity index (χ1) is 9.87. The van der Waals surface area contributed by atoms with E-state index >= 15 is 0 Å². The first-order valence-corrected chi connectivity index (χ1v) is 6.92. The van der Waals surface area contributed by atoms with Gasteiger partial charge in [0.25, 0.3) is 0 Å². The third kappa shape index (κ3) is 4.16. The summed E-state index contributed by atoms with van der Waals surface area (Å²) < 4.78 is 5.20. The summed E-state index contributed by atoms with van der Waals surface area (Å²) in [6, 6.07) is 7.51. The molecule has 3 N–H and O–H groups in total. The quantitative estimate of drug-likeness (QED) is 0.910. The molecule has 1 atom stereocenters. The average molecular weight is 287 g/mol. The van der Waals surface area contributed by atoms with Gasteiger partial charge in [0.2, 0.25) is 0 Å². The second-order valence-electron chi connectivity index (χ2n) is 5.93. The molecular formula is C16H21N3O2.